The van der Waals surface area contributed by atoms with Crippen LogP contribution in [0.1, 0.15) is 61.4 Å². The fraction of sp³-hybridized carbons (Fsp3) is 0.500. The van der Waals surface area contributed by atoms with E-state index < -0.39 is 0 Å². The van der Waals surface area contributed by atoms with Crippen molar-refractivity contribution in [1.29, 1.82) is 0 Å². The van der Waals surface area contributed by atoms with E-state index in [-0.39, 0.29) is 16.0 Å². The van der Waals surface area contributed by atoms with Crippen LogP contribution >= 0.6 is 0 Å². The molecule has 0 saturated heterocycles. The number of nitrogens with zero attached hydrogens (tertiary/aromatic N) is 1. The van der Waals surface area contributed by atoms with E-state index in [9.17, 15) is 10.1 Å². The number of nitro groups is 1. The minimum absolute atomic E-state index is 0.0704. The van der Waals surface area contributed by atoms with E-state index in [4.69, 9.17) is 9.47 Å². The topological polar surface area (TPSA) is 61.6 Å². The number of nitro benzene ring substituents is 1. The van der Waals surface area contributed by atoms with Gasteiger partial charge in [0.1, 0.15) is 11.5 Å². The van der Waals surface area contributed by atoms with E-state index in [1.807, 2.05) is 0 Å². The number of benzene rings is 2. The highest BCUT2D eigenvalue weighted by molar-refractivity contribution is 5.51. The van der Waals surface area contributed by atoms with Crippen molar-refractivity contribution in [3.8, 4) is 11.5 Å². The average molecular weight is 398 g/mol. The first-order valence-electron chi connectivity index (χ1n) is 10.3. The Bertz CT molecular complexity index is 860. The van der Waals surface area contributed by atoms with Gasteiger partial charge in [0, 0.05) is 23.3 Å². The minimum Gasteiger partial charge on any atom is -0.496 e. The zero-order chi connectivity index (χ0) is 21.2. The normalized spacial score (nSPS) is 14.5. The van der Waals surface area contributed by atoms with E-state index in [2.05, 4.69) is 32.9 Å². The van der Waals surface area contributed by atoms with Crippen LogP contribution in [-0.2, 0) is 31.1 Å². The van der Waals surface area contributed by atoms with Gasteiger partial charge in [0.25, 0.3) is 5.69 Å². The highest BCUT2D eigenvalue weighted by Crippen LogP contribution is 2.36. The summed E-state index contributed by atoms with van der Waals surface area (Å²) in [5, 5.41) is 11.4. The van der Waals surface area contributed by atoms with Crippen molar-refractivity contribution in [1.82, 2.24) is 0 Å². The van der Waals surface area contributed by atoms with Gasteiger partial charge in [0.2, 0.25) is 0 Å². The maximum Gasteiger partial charge on any atom is 0.270 e. The smallest absolute Gasteiger partial charge is 0.270 e. The Kier molecular flexibility index (Phi) is 6.15. The summed E-state index contributed by atoms with van der Waals surface area (Å²) < 4.78 is 11.5. The Labute approximate surface area is 173 Å². The van der Waals surface area contributed by atoms with Gasteiger partial charge in [-0.2, -0.15) is 0 Å². The van der Waals surface area contributed by atoms with Crippen molar-refractivity contribution in [2.75, 3.05) is 14.2 Å². The lowest BCUT2D eigenvalue weighted by atomic mass is 9.83. The first kappa shape index (κ1) is 21.2. The number of aryl methyl sites for hydroxylation is 4. The molecule has 0 spiro atoms. The maximum atomic E-state index is 11.4. The van der Waals surface area contributed by atoms with Gasteiger partial charge in [-0.15, -0.1) is 0 Å². The summed E-state index contributed by atoms with van der Waals surface area (Å²) in [6, 6.07) is 7.87. The Hall–Kier alpha value is -2.56. The molecule has 3 rings (SSSR count). The van der Waals surface area contributed by atoms with Crippen LogP contribution in [0.2, 0.25) is 0 Å². The van der Waals surface area contributed by atoms with E-state index in [0.717, 1.165) is 61.2 Å². The van der Waals surface area contributed by atoms with Gasteiger partial charge in [0.15, 0.2) is 0 Å². The van der Waals surface area contributed by atoms with E-state index in [1.54, 1.807) is 26.4 Å². The molecule has 0 radical (unpaired) electrons. The van der Waals surface area contributed by atoms with Gasteiger partial charge >= 0.3 is 0 Å². The summed E-state index contributed by atoms with van der Waals surface area (Å²) in [5.41, 5.74) is 5.83. The highest BCUT2D eigenvalue weighted by Gasteiger charge is 2.22. The molecule has 2 aromatic carbocycles. The summed E-state index contributed by atoms with van der Waals surface area (Å²) in [6.07, 6.45) is 4.94. The third-order valence-electron chi connectivity index (χ3n) is 5.74. The lowest BCUT2D eigenvalue weighted by Crippen LogP contribution is -2.14. The Morgan fingerprint density at radius 2 is 1.17 bits per heavy atom. The van der Waals surface area contributed by atoms with Gasteiger partial charge in [-0.05, 0) is 60.6 Å². The van der Waals surface area contributed by atoms with Crippen molar-refractivity contribution < 1.29 is 14.4 Å². The van der Waals surface area contributed by atoms with Crippen LogP contribution in [0.25, 0.3) is 0 Å². The minimum atomic E-state index is -0.306. The lowest BCUT2D eigenvalue weighted by molar-refractivity contribution is -0.385. The van der Waals surface area contributed by atoms with Gasteiger partial charge in [-0.1, -0.05) is 32.9 Å². The van der Waals surface area contributed by atoms with E-state index in [0.29, 0.717) is 0 Å². The third-order valence-corrected chi connectivity index (χ3v) is 5.74. The molecule has 5 nitrogen and oxygen atoms in total. The molecule has 1 aliphatic rings. The molecule has 0 aliphatic heterocycles. The van der Waals surface area contributed by atoms with Crippen molar-refractivity contribution >= 4 is 5.69 Å². The number of methoxy groups -OCH3 is 2. The fourth-order valence-electron chi connectivity index (χ4n) is 4.23. The van der Waals surface area contributed by atoms with Crippen LogP contribution in [0.15, 0.2) is 24.3 Å². The molecule has 2 aromatic rings. The quantitative estimate of drug-likeness (QED) is 0.501. The van der Waals surface area contributed by atoms with Gasteiger partial charge in [-0.25, -0.2) is 0 Å². The number of fused-ring (bicyclic) bond motifs is 4. The third kappa shape index (κ3) is 4.55. The first-order chi connectivity index (χ1) is 13.7. The van der Waals surface area contributed by atoms with E-state index >= 15 is 0 Å². The summed E-state index contributed by atoms with van der Waals surface area (Å²) >= 11 is 0. The summed E-state index contributed by atoms with van der Waals surface area (Å²) in [4.78, 5) is 11.1. The zero-order valence-corrected chi connectivity index (χ0v) is 18.1. The molecule has 0 N–H and O–H groups in total. The largest absolute Gasteiger partial charge is 0.496 e. The van der Waals surface area contributed by atoms with Crippen molar-refractivity contribution in [2.45, 2.75) is 64.7 Å². The monoisotopic (exact) mass is 397 g/mol. The Morgan fingerprint density at radius 1 is 0.793 bits per heavy atom. The molecular weight excluding hydrogens is 366 g/mol. The van der Waals surface area contributed by atoms with Gasteiger partial charge in [-0.3, -0.25) is 10.1 Å². The highest BCUT2D eigenvalue weighted by atomic mass is 16.6. The van der Waals surface area contributed by atoms with Crippen LogP contribution in [0, 0.1) is 10.1 Å². The molecule has 0 unspecified atom stereocenters. The predicted octanol–water partition coefficient (Wildman–Crippen LogP) is 5.57. The summed E-state index contributed by atoms with van der Waals surface area (Å²) in [7, 11) is 3.40. The molecule has 0 saturated carbocycles. The number of non-ortho nitro benzene ring substituents is 1. The Morgan fingerprint density at radius 3 is 1.48 bits per heavy atom. The molecule has 29 heavy (non-hydrogen) atoms. The van der Waals surface area contributed by atoms with Crippen molar-refractivity contribution in [2.24, 2.45) is 0 Å². The summed E-state index contributed by atoms with van der Waals surface area (Å²) in [5.74, 6) is 1.81. The fourth-order valence-corrected chi connectivity index (χ4v) is 4.23. The molecule has 0 heterocycles. The standard InChI is InChI=1S/C24H31NO4/c1-24(2,3)20-12-16-8-6-10-18-14-21(25(26)27)15-19(23(18)29-5)11-7-9-17(13-20)22(16)28-4/h12-15H,6-11H2,1-5H3. The predicted molar refractivity (Wildman–Crippen MR) is 115 cm³/mol. The number of hydrogen-bond acceptors (Lipinski definition) is 4. The van der Waals surface area contributed by atoms with Crippen molar-refractivity contribution in [3.63, 3.8) is 0 Å². The van der Waals surface area contributed by atoms with Crippen LogP contribution in [0.5, 0.6) is 11.5 Å². The van der Waals surface area contributed by atoms with Gasteiger partial charge in [0.05, 0.1) is 19.1 Å². The molecule has 0 atom stereocenters. The molecule has 4 bridgehead atoms. The number of hydrogen-bond donors (Lipinski definition) is 0. The van der Waals surface area contributed by atoms with Crippen LogP contribution in [-0.4, -0.2) is 19.1 Å². The Balaban J connectivity index is 2.05. The second-order valence-corrected chi connectivity index (χ2v) is 8.84. The molecule has 0 fully saturated rings. The number of ether oxygens (including phenoxy) is 2. The molecule has 0 aromatic heterocycles. The SMILES string of the molecule is COc1c2cc([N+](=O)[O-])cc1CCCc1cc(C(C)(C)C)cc(c1OC)CCC2. The zero-order valence-electron chi connectivity index (χ0n) is 18.1. The summed E-state index contributed by atoms with van der Waals surface area (Å²) in [6.45, 7) is 6.71. The van der Waals surface area contributed by atoms with Crippen LogP contribution in [0.3, 0.4) is 0 Å². The average Bonchev–Trinajstić information content (AvgIpc) is 2.66. The second kappa shape index (κ2) is 8.44. The molecule has 0 amide bonds. The molecular formula is C24H31NO4. The van der Waals surface area contributed by atoms with E-state index in [1.165, 1.54) is 16.7 Å². The van der Waals surface area contributed by atoms with Crippen LogP contribution < -0.4 is 9.47 Å². The molecule has 5 heteroatoms. The molecule has 1 aliphatic carbocycles. The molecule has 156 valence electrons. The first-order valence-corrected chi connectivity index (χ1v) is 10.3. The number of rotatable bonds is 3. The second-order valence-electron chi connectivity index (χ2n) is 8.84. The maximum absolute atomic E-state index is 11.4. The van der Waals surface area contributed by atoms with Crippen molar-refractivity contribution in [3.05, 3.63) is 62.2 Å². The lowest BCUT2D eigenvalue weighted by Gasteiger charge is -2.24. The van der Waals surface area contributed by atoms with Gasteiger partial charge < -0.3 is 9.47 Å². The van der Waals surface area contributed by atoms with Crippen LogP contribution in [0.4, 0.5) is 5.69 Å².